The molecule has 1 aromatic carbocycles. The van der Waals surface area contributed by atoms with E-state index < -0.39 is 0 Å². The molecule has 142 valence electrons. The molecule has 1 aromatic rings. The number of hydrogen-bond acceptors (Lipinski definition) is 5. The number of morpholine rings is 1. The van der Waals surface area contributed by atoms with E-state index in [1.54, 1.807) is 0 Å². The molecule has 2 N–H and O–H groups in total. The van der Waals surface area contributed by atoms with Crippen molar-refractivity contribution in [3.05, 3.63) is 70.7 Å². The van der Waals surface area contributed by atoms with E-state index in [1.807, 2.05) is 55.6 Å². The third-order valence-corrected chi connectivity index (χ3v) is 5.37. The van der Waals surface area contributed by atoms with Crippen LogP contribution in [0.3, 0.4) is 0 Å². The fourth-order valence-electron chi connectivity index (χ4n) is 3.60. The van der Waals surface area contributed by atoms with Crippen molar-refractivity contribution in [1.82, 2.24) is 20.4 Å². The van der Waals surface area contributed by atoms with Gasteiger partial charge in [0.25, 0.3) is 5.91 Å². The number of amides is 1. The van der Waals surface area contributed by atoms with Gasteiger partial charge in [0.05, 0.1) is 25.0 Å². The van der Waals surface area contributed by atoms with Gasteiger partial charge >= 0.3 is 0 Å². The Kier molecular flexibility index (Phi) is 5.20. The lowest BCUT2D eigenvalue weighted by Crippen LogP contribution is -2.54. The zero-order valence-electron chi connectivity index (χ0n) is 15.2. The fourth-order valence-corrected chi connectivity index (χ4v) is 3.90. The van der Waals surface area contributed by atoms with Crippen LogP contribution >= 0.6 is 11.6 Å². The van der Waals surface area contributed by atoms with E-state index in [0.29, 0.717) is 23.9 Å². The van der Waals surface area contributed by atoms with E-state index in [2.05, 4.69) is 20.4 Å². The molecule has 0 spiro atoms. The molecule has 4 rings (SSSR count). The number of nitrogens with one attached hydrogen (secondary N) is 2. The van der Waals surface area contributed by atoms with Gasteiger partial charge in [-0.3, -0.25) is 9.69 Å². The predicted octanol–water partition coefficient (Wildman–Crippen LogP) is 2.33. The number of rotatable bonds is 4. The molecule has 1 fully saturated rings. The number of halogens is 1. The molecule has 3 aliphatic heterocycles. The van der Waals surface area contributed by atoms with Crippen molar-refractivity contribution in [2.24, 2.45) is 0 Å². The summed E-state index contributed by atoms with van der Waals surface area (Å²) in [7, 11) is 0. The average Bonchev–Trinajstić information content (AvgIpc) is 3.09. The maximum atomic E-state index is 13.0. The second kappa shape index (κ2) is 7.76. The largest absolute Gasteiger partial charge is 0.379 e. The van der Waals surface area contributed by atoms with Gasteiger partial charge in [0.1, 0.15) is 5.70 Å². The summed E-state index contributed by atoms with van der Waals surface area (Å²) in [6.45, 7) is 4.99. The van der Waals surface area contributed by atoms with Crippen molar-refractivity contribution in [2.75, 3.05) is 26.3 Å². The Bertz CT molecular complexity index is 814. The highest BCUT2D eigenvalue weighted by Crippen LogP contribution is 2.28. The lowest BCUT2D eigenvalue weighted by molar-refractivity contribution is -0.118. The first kappa shape index (κ1) is 18.1. The van der Waals surface area contributed by atoms with Gasteiger partial charge in [0, 0.05) is 24.3 Å². The third kappa shape index (κ3) is 3.60. The molecule has 3 aliphatic rings. The number of fused-ring (bicyclic) bond motifs is 1. The molecule has 0 aromatic heterocycles. The smallest absolute Gasteiger partial charge is 0.270 e. The highest BCUT2D eigenvalue weighted by atomic mass is 35.5. The van der Waals surface area contributed by atoms with Crippen LogP contribution in [0, 0.1) is 0 Å². The summed E-state index contributed by atoms with van der Waals surface area (Å²) in [6.07, 6.45) is 7.80. The Balaban J connectivity index is 1.53. The quantitative estimate of drug-likeness (QED) is 0.831. The molecule has 0 bridgehead atoms. The van der Waals surface area contributed by atoms with E-state index >= 15 is 0 Å². The van der Waals surface area contributed by atoms with Gasteiger partial charge < -0.3 is 20.3 Å². The molecule has 3 heterocycles. The Hall–Kier alpha value is -2.28. The minimum absolute atomic E-state index is 0.0820. The van der Waals surface area contributed by atoms with Crippen LogP contribution in [0.15, 0.2) is 60.1 Å². The van der Waals surface area contributed by atoms with Gasteiger partial charge in [-0.2, -0.15) is 0 Å². The number of carbonyl (C=O) groups excluding carboxylic acids is 1. The predicted molar refractivity (Wildman–Crippen MR) is 104 cm³/mol. The molecule has 0 saturated carbocycles. The number of nitrogens with zero attached hydrogens (tertiary/aromatic N) is 2. The summed E-state index contributed by atoms with van der Waals surface area (Å²) >= 11 is 6.27. The Morgan fingerprint density at radius 3 is 2.85 bits per heavy atom. The number of hydrogen-bond donors (Lipinski definition) is 2. The van der Waals surface area contributed by atoms with Crippen LogP contribution in [0.5, 0.6) is 0 Å². The maximum Gasteiger partial charge on any atom is 0.270 e. The van der Waals surface area contributed by atoms with Crippen LogP contribution in [-0.4, -0.2) is 48.3 Å². The van der Waals surface area contributed by atoms with Crippen LogP contribution in [0.1, 0.15) is 18.5 Å². The highest BCUT2D eigenvalue weighted by molar-refractivity contribution is 6.31. The number of allylic oxidation sites excluding steroid dienone is 3. The van der Waals surface area contributed by atoms with Crippen LogP contribution in [0.2, 0.25) is 5.02 Å². The maximum absolute atomic E-state index is 13.0. The van der Waals surface area contributed by atoms with Gasteiger partial charge in [-0.25, -0.2) is 0 Å². The third-order valence-electron chi connectivity index (χ3n) is 5.02. The van der Waals surface area contributed by atoms with Gasteiger partial charge in [0.2, 0.25) is 0 Å². The molecule has 0 aliphatic carbocycles. The van der Waals surface area contributed by atoms with Gasteiger partial charge in [-0.15, -0.1) is 0 Å². The molecule has 0 radical (unpaired) electrons. The standard InChI is InChI=1S/C20H23ClN4O2/c1-14(15-6-2-3-7-16(15)21)22-19(26)18-17-8-4-5-9-25(17)20(23-18)24-10-12-27-13-11-24/h2-9,14,20,23H,10-13H2,1H3,(H,22,26). The molecule has 2 unspecified atom stereocenters. The van der Waals surface area contributed by atoms with Crippen molar-refractivity contribution < 1.29 is 9.53 Å². The Morgan fingerprint density at radius 1 is 1.30 bits per heavy atom. The monoisotopic (exact) mass is 386 g/mol. The van der Waals surface area contributed by atoms with Gasteiger partial charge in [0.15, 0.2) is 6.29 Å². The van der Waals surface area contributed by atoms with Crippen LogP contribution < -0.4 is 10.6 Å². The average molecular weight is 387 g/mol. The van der Waals surface area contributed by atoms with Crippen molar-refractivity contribution in [2.45, 2.75) is 19.3 Å². The van der Waals surface area contributed by atoms with E-state index in [1.165, 1.54) is 0 Å². The molecule has 1 saturated heterocycles. The lowest BCUT2D eigenvalue weighted by Gasteiger charge is -2.37. The normalized spacial score (nSPS) is 23.2. The second-order valence-corrected chi connectivity index (χ2v) is 7.16. The molecular formula is C20H23ClN4O2. The van der Waals surface area contributed by atoms with Crippen molar-refractivity contribution in [3.8, 4) is 0 Å². The summed E-state index contributed by atoms with van der Waals surface area (Å²) in [5.74, 6) is -0.141. The van der Waals surface area contributed by atoms with Crippen molar-refractivity contribution >= 4 is 17.5 Å². The van der Waals surface area contributed by atoms with Crippen LogP contribution in [-0.2, 0) is 9.53 Å². The number of ether oxygens (including phenoxy) is 1. The zero-order chi connectivity index (χ0) is 18.8. The van der Waals surface area contributed by atoms with Crippen molar-refractivity contribution in [3.63, 3.8) is 0 Å². The van der Waals surface area contributed by atoms with Crippen LogP contribution in [0.4, 0.5) is 0 Å². The molecule has 1 amide bonds. The van der Waals surface area contributed by atoms with E-state index in [9.17, 15) is 4.79 Å². The topological polar surface area (TPSA) is 56.8 Å². The first-order valence-corrected chi connectivity index (χ1v) is 9.54. The van der Waals surface area contributed by atoms with E-state index in [0.717, 1.165) is 24.4 Å². The van der Waals surface area contributed by atoms with Crippen molar-refractivity contribution in [1.29, 1.82) is 0 Å². The Morgan fingerprint density at radius 2 is 2.07 bits per heavy atom. The minimum atomic E-state index is -0.194. The minimum Gasteiger partial charge on any atom is -0.379 e. The molecule has 7 heteroatoms. The fraction of sp³-hybridized carbons (Fsp3) is 0.350. The second-order valence-electron chi connectivity index (χ2n) is 6.75. The summed E-state index contributed by atoms with van der Waals surface area (Å²) in [5.41, 5.74) is 2.35. The Labute approximate surface area is 164 Å². The summed E-state index contributed by atoms with van der Waals surface area (Å²) in [5, 5.41) is 7.11. The van der Waals surface area contributed by atoms with E-state index in [-0.39, 0.29) is 18.2 Å². The number of carbonyl (C=O) groups is 1. The highest BCUT2D eigenvalue weighted by Gasteiger charge is 2.37. The lowest BCUT2D eigenvalue weighted by atomic mass is 10.1. The zero-order valence-corrected chi connectivity index (χ0v) is 15.9. The van der Waals surface area contributed by atoms with Crippen LogP contribution in [0.25, 0.3) is 0 Å². The summed E-state index contributed by atoms with van der Waals surface area (Å²) in [4.78, 5) is 17.4. The molecule has 6 nitrogen and oxygen atoms in total. The number of benzene rings is 1. The van der Waals surface area contributed by atoms with Gasteiger partial charge in [-0.05, 0) is 30.7 Å². The van der Waals surface area contributed by atoms with E-state index in [4.69, 9.17) is 16.3 Å². The first-order valence-electron chi connectivity index (χ1n) is 9.16. The summed E-state index contributed by atoms with van der Waals surface area (Å²) in [6, 6.07) is 7.37. The SMILES string of the molecule is CC(NC(=O)C1=C2C=CC=CN2C(N2CCOCC2)N1)c1ccccc1Cl. The molecule has 27 heavy (non-hydrogen) atoms. The molecular weight excluding hydrogens is 364 g/mol. The first-order chi connectivity index (χ1) is 13.1. The summed E-state index contributed by atoms with van der Waals surface area (Å²) < 4.78 is 5.46. The van der Waals surface area contributed by atoms with Gasteiger partial charge in [-0.1, -0.05) is 35.9 Å². The molecule has 2 atom stereocenters.